The normalized spacial score (nSPS) is 14.2. The second-order valence-electron chi connectivity index (χ2n) is 5.85. The van der Waals surface area contributed by atoms with Crippen LogP contribution in [0.25, 0.3) is 0 Å². The van der Waals surface area contributed by atoms with Gasteiger partial charge in [0.2, 0.25) is 0 Å². The fourth-order valence-corrected chi connectivity index (χ4v) is 4.06. The third kappa shape index (κ3) is 3.78. The van der Waals surface area contributed by atoms with Crippen LogP contribution in [0.2, 0.25) is 18.1 Å². The molecule has 0 rings (SSSR count). The number of allylic oxidation sites excluding steroid dienone is 2. The average Bonchev–Trinajstić information content (AvgIpc) is 1.99. The monoisotopic (exact) mass is 242 g/mol. The van der Waals surface area contributed by atoms with Crippen molar-refractivity contribution in [3.8, 4) is 0 Å². The van der Waals surface area contributed by atoms with Crippen LogP contribution in [0, 0.1) is 5.92 Å². The molecule has 0 aliphatic heterocycles. The lowest BCUT2D eigenvalue weighted by atomic mass is 9.99. The molecule has 16 heavy (non-hydrogen) atoms. The van der Waals surface area contributed by atoms with Crippen molar-refractivity contribution < 1.29 is 9.22 Å². The number of carbonyl (C=O) groups excluding carboxylic acids is 1. The Labute approximate surface area is 101 Å². The zero-order chi connectivity index (χ0) is 13.1. The van der Waals surface area contributed by atoms with E-state index in [4.69, 9.17) is 4.43 Å². The van der Waals surface area contributed by atoms with Gasteiger partial charge in [-0.3, -0.25) is 4.79 Å². The Morgan fingerprint density at radius 2 is 1.69 bits per heavy atom. The number of carbonyl (C=O) groups is 1. The maximum absolute atomic E-state index is 11.0. The number of rotatable bonds is 5. The van der Waals surface area contributed by atoms with E-state index in [1.54, 1.807) is 13.0 Å². The zero-order valence-corrected chi connectivity index (χ0v) is 13.0. The molecule has 0 aliphatic carbocycles. The SMILES string of the molecule is CC(=O)/C=C(\C)O[Si](C)(C)C(C)(C)C(C)C. The van der Waals surface area contributed by atoms with Gasteiger partial charge in [-0.1, -0.05) is 27.7 Å². The summed E-state index contributed by atoms with van der Waals surface area (Å²) in [7, 11) is -1.84. The number of hydrogen-bond acceptors (Lipinski definition) is 2. The summed E-state index contributed by atoms with van der Waals surface area (Å²) in [6.07, 6.45) is 1.57. The Balaban J connectivity index is 4.89. The van der Waals surface area contributed by atoms with Crippen LogP contribution in [0.4, 0.5) is 0 Å². The summed E-state index contributed by atoms with van der Waals surface area (Å²) < 4.78 is 6.05. The van der Waals surface area contributed by atoms with Crippen molar-refractivity contribution in [2.75, 3.05) is 0 Å². The van der Waals surface area contributed by atoms with E-state index >= 15 is 0 Å². The highest BCUT2D eigenvalue weighted by Gasteiger charge is 2.44. The summed E-state index contributed by atoms with van der Waals surface area (Å²) in [6.45, 7) is 16.8. The van der Waals surface area contributed by atoms with Crippen LogP contribution in [0.15, 0.2) is 11.8 Å². The maximum Gasteiger partial charge on any atom is 0.250 e. The van der Waals surface area contributed by atoms with Crippen molar-refractivity contribution in [2.24, 2.45) is 5.92 Å². The fourth-order valence-electron chi connectivity index (χ4n) is 1.54. The van der Waals surface area contributed by atoms with Gasteiger partial charge in [0, 0.05) is 6.08 Å². The molecular formula is C13H26O2Si. The van der Waals surface area contributed by atoms with Crippen LogP contribution < -0.4 is 0 Å². The van der Waals surface area contributed by atoms with E-state index in [9.17, 15) is 4.79 Å². The summed E-state index contributed by atoms with van der Waals surface area (Å²) >= 11 is 0. The Morgan fingerprint density at radius 3 is 2.00 bits per heavy atom. The summed E-state index contributed by atoms with van der Waals surface area (Å²) in [5.74, 6) is 1.36. The molecule has 0 atom stereocenters. The molecule has 0 saturated carbocycles. The van der Waals surface area contributed by atoms with Crippen molar-refractivity contribution >= 4 is 14.1 Å². The van der Waals surface area contributed by atoms with Gasteiger partial charge in [-0.15, -0.1) is 0 Å². The Morgan fingerprint density at radius 1 is 1.25 bits per heavy atom. The van der Waals surface area contributed by atoms with Crippen molar-refractivity contribution in [3.63, 3.8) is 0 Å². The van der Waals surface area contributed by atoms with Gasteiger partial charge in [0.1, 0.15) is 0 Å². The van der Waals surface area contributed by atoms with Crippen LogP contribution >= 0.6 is 0 Å². The minimum absolute atomic E-state index is 0.0460. The molecule has 0 fully saturated rings. The molecule has 2 nitrogen and oxygen atoms in total. The van der Waals surface area contributed by atoms with Crippen LogP contribution in [-0.2, 0) is 9.22 Å². The van der Waals surface area contributed by atoms with Crippen LogP contribution in [-0.4, -0.2) is 14.1 Å². The third-order valence-electron chi connectivity index (χ3n) is 3.82. The standard InChI is InChI=1S/C13H26O2Si/c1-10(2)13(5,6)16(7,8)15-12(4)9-11(3)14/h9-10H,1-8H3/b12-9+. The first-order valence-electron chi connectivity index (χ1n) is 5.88. The molecule has 0 unspecified atom stereocenters. The highest BCUT2D eigenvalue weighted by atomic mass is 28.4. The molecule has 0 spiro atoms. The molecule has 0 amide bonds. The van der Waals surface area contributed by atoms with Gasteiger partial charge in [-0.05, 0) is 37.9 Å². The van der Waals surface area contributed by atoms with Crippen LogP contribution in [0.5, 0.6) is 0 Å². The van der Waals surface area contributed by atoms with E-state index < -0.39 is 8.32 Å². The van der Waals surface area contributed by atoms with Gasteiger partial charge in [-0.2, -0.15) is 0 Å². The summed E-state index contributed by atoms with van der Waals surface area (Å²) in [5, 5.41) is 0.179. The molecule has 3 heteroatoms. The summed E-state index contributed by atoms with van der Waals surface area (Å²) in [4.78, 5) is 11.0. The smallest absolute Gasteiger partial charge is 0.250 e. The fraction of sp³-hybridized carbons (Fsp3) is 0.769. The van der Waals surface area contributed by atoms with Gasteiger partial charge in [0.15, 0.2) is 5.78 Å². The quantitative estimate of drug-likeness (QED) is 0.411. The molecule has 0 aromatic carbocycles. The van der Waals surface area contributed by atoms with Gasteiger partial charge >= 0.3 is 0 Å². The van der Waals surface area contributed by atoms with E-state index in [0.29, 0.717) is 5.92 Å². The summed E-state index contributed by atoms with van der Waals surface area (Å²) in [6, 6.07) is 0. The van der Waals surface area contributed by atoms with E-state index in [-0.39, 0.29) is 10.8 Å². The van der Waals surface area contributed by atoms with Gasteiger partial charge in [0.25, 0.3) is 8.32 Å². The molecule has 0 saturated heterocycles. The van der Waals surface area contributed by atoms with Crippen LogP contribution in [0.3, 0.4) is 0 Å². The number of ketones is 1. The Kier molecular flexibility index (Phi) is 4.99. The predicted molar refractivity (Wildman–Crippen MR) is 71.9 cm³/mol. The molecule has 0 N–H and O–H groups in total. The Bertz CT molecular complexity index is 288. The van der Waals surface area contributed by atoms with E-state index in [1.807, 2.05) is 6.92 Å². The highest BCUT2D eigenvalue weighted by molar-refractivity contribution is 6.74. The van der Waals surface area contributed by atoms with Crippen molar-refractivity contribution in [1.29, 1.82) is 0 Å². The van der Waals surface area contributed by atoms with Gasteiger partial charge in [0.05, 0.1) is 5.76 Å². The highest BCUT2D eigenvalue weighted by Crippen LogP contribution is 2.45. The Hall–Kier alpha value is -0.573. The van der Waals surface area contributed by atoms with Crippen molar-refractivity contribution in [3.05, 3.63) is 11.8 Å². The first-order chi connectivity index (χ1) is 7.00. The maximum atomic E-state index is 11.0. The first-order valence-corrected chi connectivity index (χ1v) is 8.79. The molecule has 0 aromatic rings. The lowest BCUT2D eigenvalue weighted by Crippen LogP contribution is -2.44. The average molecular weight is 242 g/mol. The predicted octanol–water partition coefficient (Wildman–Crippen LogP) is 4.14. The lowest BCUT2D eigenvalue weighted by Gasteiger charge is -2.42. The molecule has 0 bridgehead atoms. The van der Waals surface area contributed by atoms with Crippen molar-refractivity contribution in [2.45, 2.75) is 59.7 Å². The zero-order valence-electron chi connectivity index (χ0n) is 12.0. The molecular weight excluding hydrogens is 216 g/mol. The van der Waals surface area contributed by atoms with E-state index in [2.05, 4.69) is 40.8 Å². The topological polar surface area (TPSA) is 26.3 Å². The molecule has 94 valence electrons. The third-order valence-corrected chi connectivity index (χ3v) is 8.33. The van der Waals surface area contributed by atoms with Gasteiger partial charge < -0.3 is 4.43 Å². The second kappa shape index (κ2) is 5.17. The minimum Gasteiger partial charge on any atom is -0.547 e. The van der Waals surface area contributed by atoms with Gasteiger partial charge in [-0.25, -0.2) is 0 Å². The van der Waals surface area contributed by atoms with E-state index in [0.717, 1.165) is 5.76 Å². The van der Waals surface area contributed by atoms with E-state index in [1.165, 1.54) is 0 Å². The second-order valence-corrected chi connectivity index (χ2v) is 10.4. The summed E-state index contributed by atoms with van der Waals surface area (Å²) in [5.41, 5.74) is 0. The number of hydrogen-bond donors (Lipinski definition) is 0. The van der Waals surface area contributed by atoms with Crippen LogP contribution in [0.1, 0.15) is 41.5 Å². The molecule has 0 heterocycles. The molecule has 0 aliphatic rings. The lowest BCUT2D eigenvalue weighted by molar-refractivity contribution is -0.112. The molecule has 0 aromatic heterocycles. The minimum atomic E-state index is -1.84. The largest absolute Gasteiger partial charge is 0.547 e. The first kappa shape index (κ1) is 15.4. The molecule has 0 radical (unpaired) electrons. The van der Waals surface area contributed by atoms with Crippen molar-refractivity contribution in [1.82, 2.24) is 0 Å².